The fraction of sp³-hybridized carbons (Fsp3) is 0.588. The third-order valence-electron chi connectivity index (χ3n) is 4.94. The van der Waals surface area contributed by atoms with Crippen LogP contribution in [0.1, 0.15) is 37.7 Å². The van der Waals surface area contributed by atoms with Gasteiger partial charge in [0.1, 0.15) is 0 Å². The number of aliphatic hydroxyl groups is 1. The largest absolute Gasteiger partial charge is 0.393 e. The van der Waals surface area contributed by atoms with Crippen molar-refractivity contribution in [3.05, 3.63) is 29.8 Å². The maximum Gasteiger partial charge on any atom is 0.223 e. The van der Waals surface area contributed by atoms with Gasteiger partial charge in [0.05, 0.1) is 6.10 Å². The SMILES string of the molecule is CC(O)C1CCN(C(=O)CC2CNc3ccccc32)CC1. The third kappa shape index (κ3) is 3.05. The molecule has 1 aromatic rings. The van der Waals surface area contributed by atoms with Crippen LogP contribution in [0.25, 0.3) is 0 Å². The Morgan fingerprint density at radius 1 is 1.38 bits per heavy atom. The molecule has 0 saturated carbocycles. The maximum atomic E-state index is 12.5. The molecule has 3 rings (SSSR count). The summed E-state index contributed by atoms with van der Waals surface area (Å²) in [7, 11) is 0. The Kier molecular flexibility index (Phi) is 4.15. The summed E-state index contributed by atoms with van der Waals surface area (Å²) < 4.78 is 0. The minimum atomic E-state index is -0.256. The van der Waals surface area contributed by atoms with Gasteiger partial charge in [-0.15, -0.1) is 0 Å². The Balaban J connectivity index is 1.56. The van der Waals surface area contributed by atoms with Crippen molar-refractivity contribution in [2.24, 2.45) is 5.92 Å². The van der Waals surface area contributed by atoms with Gasteiger partial charge >= 0.3 is 0 Å². The molecule has 2 heterocycles. The molecule has 1 amide bonds. The number of hydrogen-bond donors (Lipinski definition) is 2. The van der Waals surface area contributed by atoms with E-state index in [1.54, 1.807) is 0 Å². The normalized spacial score (nSPS) is 23.5. The number of benzene rings is 1. The number of para-hydroxylation sites is 1. The number of aliphatic hydroxyl groups excluding tert-OH is 1. The van der Waals surface area contributed by atoms with E-state index in [0.29, 0.717) is 18.3 Å². The van der Waals surface area contributed by atoms with Gasteiger partial charge in [0, 0.05) is 37.7 Å². The number of hydrogen-bond acceptors (Lipinski definition) is 3. The fourth-order valence-electron chi connectivity index (χ4n) is 3.51. The number of rotatable bonds is 3. The molecule has 0 aromatic heterocycles. The zero-order valence-corrected chi connectivity index (χ0v) is 12.6. The smallest absolute Gasteiger partial charge is 0.223 e. The van der Waals surface area contributed by atoms with Crippen LogP contribution >= 0.6 is 0 Å². The first-order chi connectivity index (χ1) is 10.1. The molecule has 1 saturated heterocycles. The molecule has 4 heteroatoms. The van der Waals surface area contributed by atoms with E-state index in [4.69, 9.17) is 0 Å². The third-order valence-corrected chi connectivity index (χ3v) is 4.94. The van der Waals surface area contributed by atoms with Crippen molar-refractivity contribution in [2.45, 2.75) is 38.2 Å². The summed E-state index contributed by atoms with van der Waals surface area (Å²) >= 11 is 0. The van der Waals surface area contributed by atoms with Crippen molar-refractivity contribution >= 4 is 11.6 Å². The quantitative estimate of drug-likeness (QED) is 0.896. The fourth-order valence-corrected chi connectivity index (χ4v) is 3.51. The molecule has 2 aliphatic heterocycles. The van der Waals surface area contributed by atoms with E-state index in [2.05, 4.69) is 17.4 Å². The van der Waals surface area contributed by atoms with Crippen LogP contribution in [0.15, 0.2) is 24.3 Å². The van der Waals surface area contributed by atoms with E-state index in [-0.39, 0.29) is 12.0 Å². The highest BCUT2D eigenvalue weighted by molar-refractivity contribution is 5.78. The second-order valence-electron chi connectivity index (χ2n) is 6.33. The Bertz CT molecular complexity index is 507. The Morgan fingerprint density at radius 3 is 2.81 bits per heavy atom. The minimum absolute atomic E-state index is 0.252. The van der Waals surface area contributed by atoms with Gasteiger partial charge in [0.2, 0.25) is 5.91 Å². The number of piperidine rings is 1. The van der Waals surface area contributed by atoms with Crippen LogP contribution in [0.2, 0.25) is 0 Å². The highest BCUT2D eigenvalue weighted by atomic mass is 16.3. The van der Waals surface area contributed by atoms with Crippen molar-refractivity contribution in [2.75, 3.05) is 25.0 Å². The van der Waals surface area contributed by atoms with Crippen molar-refractivity contribution in [3.8, 4) is 0 Å². The molecule has 21 heavy (non-hydrogen) atoms. The molecule has 4 nitrogen and oxygen atoms in total. The van der Waals surface area contributed by atoms with Crippen LogP contribution in [-0.2, 0) is 4.79 Å². The number of nitrogens with zero attached hydrogens (tertiary/aromatic N) is 1. The number of carbonyl (C=O) groups is 1. The Labute approximate surface area is 126 Å². The molecule has 1 fully saturated rings. The number of nitrogens with one attached hydrogen (secondary N) is 1. The maximum absolute atomic E-state index is 12.5. The average molecular weight is 288 g/mol. The lowest BCUT2D eigenvalue weighted by atomic mass is 9.91. The highest BCUT2D eigenvalue weighted by Crippen LogP contribution is 2.34. The first kappa shape index (κ1) is 14.4. The molecule has 0 aliphatic carbocycles. The molecular formula is C17H24N2O2. The van der Waals surface area contributed by atoms with Crippen molar-refractivity contribution in [1.82, 2.24) is 4.90 Å². The lowest BCUT2D eigenvalue weighted by molar-refractivity contribution is -0.133. The predicted molar refractivity (Wildman–Crippen MR) is 83.3 cm³/mol. The first-order valence-corrected chi connectivity index (χ1v) is 7.94. The van der Waals surface area contributed by atoms with Crippen LogP contribution < -0.4 is 5.32 Å². The van der Waals surface area contributed by atoms with Gasteiger partial charge < -0.3 is 15.3 Å². The highest BCUT2D eigenvalue weighted by Gasteiger charge is 2.29. The lowest BCUT2D eigenvalue weighted by Gasteiger charge is -2.33. The van der Waals surface area contributed by atoms with Gasteiger partial charge in [0.15, 0.2) is 0 Å². The number of amides is 1. The molecule has 0 spiro atoms. The van der Waals surface area contributed by atoms with Crippen molar-refractivity contribution < 1.29 is 9.90 Å². The molecule has 2 atom stereocenters. The summed E-state index contributed by atoms with van der Waals surface area (Å²) in [6, 6.07) is 8.26. The van der Waals surface area contributed by atoms with Crippen LogP contribution in [0, 0.1) is 5.92 Å². The number of likely N-dealkylation sites (tertiary alicyclic amines) is 1. The molecule has 0 radical (unpaired) electrons. The summed E-state index contributed by atoms with van der Waals surface area (Å²) in [5.74, 6) is 0.897. The van der Waals surface area contributed by atoms with Crippen LogP contribution in [0.3, 0.4) is 0 Å². The van der Waals surface area contributed by atoms with Gasteiger partial charge in [0.25, 0.3) is 0 Å². The summed E-state index contributed by atoms with van der Waals surface area (Å²) in [4.78, 5) is 14.4. The zero-order valence-electron chi connectivity index (χ0n) is 12.6. The van der Waals surface area contributed by atoms with Crippen LogP contribution in [-0.4, -0.2) is 41.7 Å². The van der Waals surface area contributed by atoms with Crippen molar-refractivity contribution in [3.63, 3.8) is 0 Å². The summed E-state index contributed by atoms with van der Waals surface area (Å²) in [5, 5.41) is 13.0. The van der Waals surface area contributed by atoms with E-state index < -0.39 is 0 Å². The summed E-state index contributed by atoms with van der Waals surface area (Å²) in [6.07, 6.45) is 2.17. The van der Waals surface area contributed by atoms with E-state index in [9.17, 15) is 9.90 Å². The Hall–Kier alpha value is -1.55. The number of anilines is 1. The topological polar surface area (TPSA) is 52.6 Å². The standard InChI is InChI=1S/C17H24N2O2/c1-12(20)13-6-8-19(9-7-13)17(21)10-14-11-18-16-5-3-2-4-15(14)16/h2-5,12-14,18,20H,6-11H2,1H3. The number of carbonyl (C=O) groups excluding carboxylic acids is 1. The molecule has 2 N–H and O–H groups in total. The lowest BCUT2D eigenvalue weighted by Crippen LogP contribution is -2.41. The van der Waals surface area contributed by atoms with Gasteiger partial charge in [-0.25, -0.2) is 0 Å². The van der Waals surface area contributed by atoms with Gasteiger partial charge in [-0.05, 0) is 37.3 Å². The monoisotopic (exact) mass is 288 g/mol. The number of fused-ring (bicyclic) bond motifs is 1. The molecule has 1 aromatic carbocycles. The van der Waals surface area contributed by atoms with Crippen LogP contribution in [0.4, 0.5) is 5.69 Å². The van der Waals surface area contributed by atoms with Gasteiger partial charge in [-0.2, -0.15) is 0 Å². The second kappa shape index (κ2) is 6.06. The van der Waals surface area contributed by atoms with Crippen molar-refractivity contribution in [1.29, 1.82) is 0 Å². The van der Waals surface area contributed by atoms with Gasteiger partial charge in [-0.1, -0.05) is 18.2 Å². The molecular weight excluding hydrogens is 264 g/mol. The van der Waals surface area contributed by atoms with E-state index in [1.807, 2.05) is 24.0 Å². The molecule has 0 bridgehead atoms. The first-order valence-electron chi connectivity index (χ1n) is 7.94. The average Bonchev–Trinajstić information content (AvgIpc) is 2.91. The molecule has 2 aliphatic rings. The molecule has 114 valence electrons. The van der Waals surface area contributed by atoms with E-state index in [1.165, 1.54) is 11.3 Å². The molecule has 2 unspecified atom stereocenters. The minimum Gasteiger partial charge on any atom is -0.393 e. The zero-order chi connectivity index (χ0) is 14.8. The summed E-state index contributed by atoms with van der Waals surface area (Å²) in [6.45, 7) is 4.28. The second-order valence-corrected chi connectivity index (χ2v) is 6.33. The van der Waals surface area contributed by atoms with Gasteiger partial charge in [-0.3, -0.25) is 4.79 Å². The van der Waals surface area contributed by atoms with E-state index >= 15 is 0 Å². The summed E-state index contributed by atoms with van der Waals surface area (Å²) in [5.41, 5.74) is 2.44. The Morgan fingerprint density at radius 2 is 2.10 bits per heavy atom. The van der Waals surface area contributed by atoms with Crippen LogP contribution in [0.5, 0.6) is 0 Å². The van der Waals surface area contributed by atoms with E-state index in [0.717, 1.165) is 32.5 Å². The predicted octanol–water partition coefficient (Wildman–Crippen LogP) is 2.21.